The molecule has 11 heteroatoms. The molecule has 7 nitrogen and oxygen atoms in total. The van der Waals surface area contributed by atoms with Crippen LogP contribution in [0, 0.1) is 6.92 Å². The second-order valence-electron chi connectivity index (χ2n) is 6.22. The van der Waals surface area contributed by atoms with Crippen LogP contribution in [-0.4, -0.2) is 43.5 Å². The van der Waals surface area contributed by atoms with Gasteiger partial charge in [0.15, 0.2) is 0 Å². The van der Waals surface area contributed by atoms with Crippen molar-refractivity contribution in [3.63, 3.8) is 0 Å². The number of hydrogen-bond donors (Lipinski definition) is 1. The number of carbonyl (C=O) groups is 1. The van der Waals surface area contributed by atoms with Gasteiger partial charge >= 0.3 is 6.18 Å². The van der Waals surface area contributed by atoms with E-state index >= 15 is 0 Å². The van der Waals surface area contributed by atoms with Gasteiger partial charge in [0.05, 0.1) is 6.54 Å². The van der Waals surface area contributed by atoms with Crippen molar-refractivity contribution in [3.8, 4) is 0 Å². The number of hydrogen-bond acceptors (Lipinski definition) is 6. The summed E-state index contributed by atoms with van der Waals surface area (Å²) >= 11 is 1.69. The smallest absolute Gasteiger partial charge is 0.361 e. The van der Waals surface area contributed by atoms with E-state index in [1.165, 1.54) is 10.9 Å². The molecule has 1 amide bonds. The van der Waals surface area contributed by atoms with E-state index in [4.69, 9.17) is 0 Å². The number of fused-ring (bicyclic) bond motifs is 2. The fourth-order valence-corrected chi connectivity index (χ4v) is 3.86. The topological polar surface area (TPSA) is 75.4 Å². The van der Waals surface area contributed by atoms with E-state index < -0.39 is 12.0 Å². The Hall–Kier alpha value is -2.69. The van der Waals surface area contributed by atoms with Crippen LogP contribution in [0.5, 0.6) is 0 Å². The molecule has 0 radical (unpaired) electrons. The molecule has 4 rings (SSSR count). The van der Waals surface area contributed by atoms with Crippen LogP contribution < -0.4 is 5.32 Å². The van der Waals surface area contributed by atoms with Crippen molar-refractivity contribution in [1.29, 1.82) is 0 Å². The minimum atomic E-state index is -4.67. The van der Waals surface area contributed by atoms with Gasteiger partial charge in [0, 0.05) is 29.7 Å². The van der Waals surface area contributed by atoms with Gasteiger partial charge < -0.3 is 10.2 Å². The number of nitrogens with one attached hydrogen (secondary N) is 1. The Kier molecular flexibility index (Phi) is 4.25. The van der Waals surface area contributed by atoms with E-state index in [1.807, 2.05) is 11.4 Å². The number of alkyl halides is 3. The molecule has 0 saturated heterocycles. The van der Waals surface area contributed by atoms with E-state index in [2.05, 4.69) is 20.4 Å². The number of halogens is 3. The highest BCUT2D eigenvalue weighted by atomic mass is 32.1. The Morgan fingerprint density at radius 1 is 1.37 bits per heavy atom. The molecule has 0 unspecified atom stereocenters. The largest absolute Gasteiger partial charge is 0.453 e. The van der Waals surface area contributed by atoms with Crippen LogP contribution in [0.3, 0.4) is 0 Å². The molecule has 142 valence electrons. The van der Waals surface area contributed by atoms with Gasteiger partial charge in [-0.25, -0.2) is 4.98 Å². The van der Waals surface area contributed by atoms with Crippen LogP contribution >= 0.6 is 11.3 Å². The lowest BCUT2D eigenvalue weighted by Gasteiger charge is -2.27. The van der Waals surface area contributed by atoms with Crippen LogP contribution in [0.1, 0.15) is 22.0 Å². The quantitative estimate of drug-likeness (QED) is 0.736. The number of carbonyl (C=O) groups excluding carboxylic acids is 1. The molecule has 0 aromatic carbocycles. The summed E-state index contributed by atoms with van der Waals surface area (Å²) in [6.07, 6.45) is -3.85. The van der Waals surface area contributed by atoms with E-state index in [-0.39, 0.29) is 24.0 Å². The molecule has 0 aliphatic carbocycles. The first-order valence-electron chi connectivity index (χ1n) is 8.20. The fourth-order valence-electron chi connectivity index (χ4n) is 2.97. The van der Waals surface area contributed by atoms with Crippen LogP contribution in [0.4, 0.5) is 19.0 Å². The van der Waals surface area contributed by atoms with Crippen LogP contribution in [0.25, 0.3) is 5.78 Å². The highest BCUT2D eigenvalue weighted by Gasteiger charge is 2.37. The van der Waals surface area contributed by atoms with Gasteiger partial charge in [0.2, 0.25) is 5.91 Å². The Balaban J connectivity index is 1.52. The lowest BCUT2D eigenvalue weighted by atomic mass is 10.1. The molecule has 1 N–H and O–H groups in total. The molecule has 4 heterocycles. The second kappa shape index (κ2) is 6.48. The predicted molar refractivity (Wildman–Crippen MR) is 92.5 cm³/mol. The SMILES string of the molecule is Cc1cc(NCC(=O)N2CCc3sccc3C2)n2nc(C(F)(F)F)nc2n1. The Labute approximate surface area is 155 Å². The average molecular weight is 396 g/mol. The van der Waals surface area contributed by atoms with Gasteiger partial charge in [-0.3, -0.25) is 4.79 Å². The molecule has 0 atom stereocenters. The summed E-state index contributed by atoms with van der Waals surface area (Å²) in [5.41, 5.74) is 1.62. The fraction of sp³-hybridized carbons (Fsp3) is 0.375. The van der Waals surface area contributed by atoms with Gasteiger partial charge in [-0.15, -0.1) is 16.4 Å². The molecular formula is C16H15F3N6OS. The molecule has 0 saturated carbocycles. The molecule has 0 bridgehead atoms. The van der Waals surface area contributed by atoms with Crippen molar-refractivity contribution in [2.24, 2.45) is 0 Å². The first kappa shape index (κ1) is 17.7. The van der Waals surface area contributed by atoms with Crippen LogP contribution in [0.2, 0.25) is 0 Å². The van der Waals surface area contributed by atoms with E-state index in [9.17, 15) is 18.0 Å². The van der Waals surface area contributed by atoms with Crippen molar-refractivity contribution in [3.05, 3.63) is 39.5 Å². The second-order valence-corrected chi connectivity index (χ2v) is 7.22. The molecule has 3 aromatic heterocycles. The highest BCUT2D eigenvalue weighted by molar-refractivity contribution is 7.10. The van der Waals surface area contributed by atoms with E-state index in [0.29, 0.717) is 18.8 Å². The molecule has 1 aliphatic rings. The average Bonchev–Trinajstić information content (AvgIpc) is 3.24. The van der Waals surface area contributed by atoms with Crippen molar-refractivity contribution in [2.45, 2.75) is 26.1 Å². The monoisotopic (exact) mass is 396 g/mol. The van der Waals surface area contributed by atoms with Crippen molar-refractivity contribution >= 4 is 28.8 Å². The van der Waals surface area contributed by atoms with Crippen LogP contribution in [-0.2, 0) is 23.9 Å². The van der Waals surface area contributed by atoms with Crippen molar-refractivity contribution in [1.82, 2.24) is 24.5 Å². The maximum Gasteiger partial charge on any atom is 0.453 e. The number of aryl methyl sites for hydroxylation is 1. The minimum Gasteiger partial charge on any atom is -0.361 e. The van der Waals surface area contributed by atoms with Crippen molar-refractivity contribution < 1.29 is 18.0 Å². The zero-order valence-electron chi connectivity index (χ0n) is 14.2. The summed E-state index contributed by atoms with van der Waals surface area (Å²) in [4.78, 5) is 22.9. The van der Waals surface area contributed by atoms with Crippen molar-refractivity contribution in [2.75, 3.05) is 18.4 Å². The maximum absolute atomic E-state index is 12.9. The summed E-state index contributed by atoms with van der Waals surface area (Å²) < 4.78 is 39.6. The van der Waals surface area contributed by atoms with E-state index in [1.54, 1.807) is 23.2 Å². The summed E-state index contributed by atoms with van der Waals surface area (Å²) in [5.74, 6) is -1.33. The lowest BCUT2D eigenvalue weighted by Crippen LogP contribution is -2.39. The highest BCUT2D eigenvalue weighted by Crippen LogP contribution is 2.27. The number of nitrogens with zero attached hydrogens (tertiary/aromatic N) is 5. The van der Waals surface area contributed by atoms with E-state index in [0.717, 1.165) is 16.5 Å². The predicted octanol–water partition coefficient (Wildman–Crippen LogP) is 2.51. The maximum atomic E-state index is 12.9. The number of aromatic nitrogens is 4. The Morgan fingerprint density at radius 3 is 2.96 bits per heavy atom. The minimum absolute atomic E-state index is 0.0563. The van der Waals surface area contributed by atoms with Gasteiger partial charge in [-0.1, -0.05) is 0 Å². The standard InChI is InChI=1S/C16H15F3N6OS/c1-9-6-12(25-15(21-9)22-14(23-25)16(17,18)19)20-7-13(26)24-4-2-11-10(8-24)3-5-27-11/h3,5-6,20H,2,4,7-8H2,1H3. The summed E-state index contributed by atoms with van der Waals surface area (Å²) in [7, 11) is 0. The number of rotatable bonds is 3. The molecule has 1 aliphatic heterocycles. The summed E-state index contributed by atoms with van der Waals surface area (Å²) in [6, 6.07) is 3.54. The molecule has 0 fully saturated rings. The van der Waals surface area contributed by atoms with Crippen LogP contribution in [0.15, 0.2) is 17.5 Å². The summed E-state index contributed by atoms with van der Waals surface area (Å²) in [6.45, 7) is 2.75. The third-order valence-electron chi connectivity index (χ3n) is 4.27. The number of thiophene rings is 1. The first-order valence-corrected chi connectivity index (χ1v) is 9.08. The normalized spacial score (nSPS) is 14.4. The lowest BCUT2D eigenvalue weighted by molar-refractivity contribution is -0.144. The van der Waals surface area contributed by atoms with Gasteiger partial charge in [-0.05, 0) is 30.4 Å². The third-order valence-corrected chi connectivity index (χ3v) is 5.30. The van der Waals surface area contributed by atoms with Gasteiger partial charge in [0.25, 0.3) is 11.6 Å². The zero-order chi connectivity index (χ0) is 19.2. The van der Waals surface area contributed by atoms with Gasteiger partial charge in [0.1, 0.15) is 5.82 Å². The third kappa shape index (κ3) is 3.46. The number of amides is 1. The molecule has 0 spiro atoms. The molecule has 27 heavy (non-hydrogen) atoms. The molecule has 3 aromatic rings. The first-order chi connectivity index (χ1) is 12.8. The number of anilines is 1. The Morgan fingerprint density at radius 2 is 2.19 bits per heavy atom. The summed E-state index contributed by atoms with van der Waals surface area (Å²) in [5, 5.41) is 8.35. The Bertz CT molecular complexity index is 1010. The van der Waals surface area contributed by atoms with Gasteiger partial charge in [-0.2, -0.15) is 22.7 Å². The zero-order valence-corrected chi connectivity index (χ0v) is 15.1. The molecular weight excluding hydrogens is 381 g/mol.